The number of fused-ring (bicyclic) bond motifs is 10. The van der Waals surface area contributed by atoms with Gasteiger partial charge in [-0.3, -0.25) is 0 Å². The van der Waals surface area contributed by atoms with Crippen LogP contribution in [0.3, 0.4) is 0 Å². The molecule has 0 radical (unpaired) electrons. The van der Waals surface area contributed by atoms with Gasteiger partial charge >= 0.3 is 0 Å². The zero-order valence-corrected chi connectivity index (χ0v) is 30.5. The highest BCUT2D eigenvalue weighted by atomic mass is 16.3. The SMILES string of the molecule is c1ccc(C2(c3ccccc3)c3ccccc3-c3ccc4cc(-c5ccc6cc(-c7ccc8oc9cc%10ccccc%10cc9c8c7)ccc6c5)ccc4c32)cc1. The van der Waals surface area contributed by atoms with Crippen LogP contribution in [0.4, 0.5) is 0 Å². The third-order valence-corrected chi connectivity index (χ3v) is 12.3. The van der Waals surface area contributed by atoms with E-state index in [1.807, 2.05) is 0 Å². The molecular weight excluding hydrogens is 677 g/mol. The standard InChI is InChI=1S/C55H34O/c1-3-13-44(14-4-1)55(45-15-5-2-6-16-45)51-18-10-9-17-47(51)48-27-24-43-31-41(23-26-46(43)54(48)55)39-20-19-38-30-40(22-21-37(38)29-39)42-25-28-52-49(33-42)50-32-35-11-7-8-12-36(35)34-53(50)56-52/h1-34H. The van der Waals surface area contributed by atoms with Gasteiger partial charge in [0.25, 0.3) is 0 Å². The van der Waals surface area contributed by atoms with E-state index >= 15 is 0 Å². The molecule has 0 atom stereocenters. The summed E-state index contributed by atoms with van der Waals surface area (Å²) < 4.78 is 6.29. The maximum Gasteiger partial charge on any atom is 0.136 e. The van der Waals surface area contributed by atoms with Gasteiger partial charge in [0.15, 0.2) is 0 Å². The fraction of sp³-hybridized carbons (Fsp3) is 0.0182. The van der Waals surface area contributed by atoms with Crippen molar-refractivity contribution >= 4 is 54.3 Å². The van der Waals surface area contributed by atoms with Crippen LogP contribution in [-0.2, 0) is 5.41 Å². The van der Waals surface area contributed by atoms with Gasteiger partial charge in [-0.25, -0.2) is 0 Å². The van der Waals surface area contributed by atoms with Gasteiger partial charge in [-0.1, -0.05) is 164 Å². The number of rotatable bonds is 4. The van der Waals surface area contributed by atoms with Gasteiger partial charge in [-0.15, -0.1) is 0 Å². The molecule has 1 nitrogen and oxygen atoms in total. The van der Waals surface area contributed by atoms with Crippen LogP contribution in [0.2, 0.25) is 0 Å². The predicted octanol–water partition coefficient (Wildman–Crippen LogP) is 14.7. The lowest BCUT2D eigenvalue weighted by Gasteiger charge is -2.34. The quantitative estimate of drug-likeness (QED) is 0.177. The molecule has 0 unspecified atom stereocenters. The topological polar surface area (TPSA) is 13.1 Å². The summed E-state index contributed by atoms with van der Waals surface area (Å²) in [7, 11) is 0. The first kappa shape index (κ1) is 31.2. The van der Waals surface area contributed by atoms with Crippen molar-refractivity contribution in [2.45, 2.75) is 5.41 Å². The maximum atomic E-state index is 6.29. The average molecular weight is 711 g/mol. The van der Waals surface area contributed by atoms with Crippen LogP contribution in [0.1, 0.15) is 22.3 Å². The Kier molecular flexibility index (Phi) is 6.62. The van der Waals surface area contributed by atoms with E-state index in [9.17, 15) is 0 Å². The minimum absolute atomic E-state index is 0.431. The molecule has 1 aliphatic rings. The highest BCUT2D eigenvalue weighted by Crippen LogP contribution is 2.58. The Labute approximate surface area is 324 Å². The summed E-state index contributed by atoms with van der Waals surface area (Å²) in [6.45, 7) is 0. The van der Waals surface area contributed by atoms with Gasteiger partial charge in [0.1, 0.15) is 11.2 Å². The van der Waals surface area contributed by atoms with Gasteiger partial charge in [0.2, 0.25) is 0 Å². The van der Waals surface area contributed by atoms with E-state index < -0.39 is 5.41 Å². The summed E-state index contributed by atoms with van der Waals surface area (Å²) in [5.74, 6) is 0. The van der Waals surface area contributed by atoms with Gasteiger partial charge in [-0.05, 0) is 130 Å². The van der Waals surface area contributed by atoms with Crippen LogP contribution >= 0.6 is 0 Å². The van der Waals surface area contributed by atoms with Gasteiger partial charge in [-0.2, -0.15) is 0 Å². The van der Waals surface area contributed by atoms with Crippen molar-refractivity contribution in [3.8, 4) is 33.4 Å². The fourth-order valence-corrected chi connectivity index (χ4v) is 9.71. The van der Waals surface area contributed by atoms with Crippen molar-refractivity contribution in [1.82, 2.24) is 0 Å². The molecule has 1 aromatic heterocycles. The third-order valence-electron chi connectivity index (χ3n) is 12.3. The predicted molar refractivity (Wildman–Crippen MR) is 234 cm³/mol. The first-order valence-electron chi connectivity index (χ1n) is 19.4. The summed E-state index contributed by atoms with van der Waals surface area (Å²) in [4.78, 5) is 0. The molecule has 12 rings (SSSR count). The third kappa shape index (κ3) is 4.49. The first-order chi connectivity index (χ1) is 27.7. The molecule has 0 amide bonds. The molecule has 1 aliphatic carbocycles. The Morgan fingerprint density at radius 1 is 0.304 bits per heavy atom. The number of furan rings is 1. The second kappa shape index (κ2) is 11.9. The number of hydrogen-bond donors (Lipinski definition) is 0. The van der Waals surface area contributed by atoms with Gasteiger partial charge < -0.3 is 4.42 Å². The molecule has 0 fully saturated rings. The molecule has 0 N–H and O–H groups in total. The van der Waals surface area contributed by atoms with Crippen LogP contribution in [0.15, 0.2) is 211 Å². The highest BCUT2D eigenvalue weighted by molar-refractivity contribution is 6.11. The van der Waals surface area contributed by atoms with Crippen molar-refractivity contribution < 1.29 is 4.42 Å². The van der Waals surface area contributed by atoms with E-state index in [2.05, 4.69) is 206 Å². The van der Waals surface area contributed by atoms with E-state index in [4.69, 9.17) is 4.42 Å². The normalized spacial score (nSPS) is 13.1. The lowest BCUT2D eigenvalue weighted by molar-refractivity contribution is 0.669. The first-order valence-corrected chi connectivity index (χ1v) is 19.4. The molecule has 11 aromatic rings. The van der Waals surface area contributed by atoms with E-state index in [0.29, 0.717) is 0 Å². The Bertz CT molecular complexity index is 3310. The smallest absolute Gasteiger partial charge is 0.136 e. The maximum absolute atomic E-state index is 6.29. The molecule has 0 aliphatic heterocycles. The summed E-state index contributed by atoms with van der Waals surface area (Å²) in [6, 6.07) is 76.0. The summed E-state index contributed by atoms with van der Waals surface area (Å²) in [5.41, 5.74) is 14.1. The molecule has 0 saturated carbocycles. The van der Waals surface area contributed by atoms with Gasteiger partial charge in [0, 0.05) is 10.8 Å². The van der Waals surface area contributed by atoms with Crippen molar-refractivity contribution in [3.05, 3.63) is 229 Å². The van der Waals surface area contributed by atoms with Crippen molar-refractivity contribution in [3.63, 3.8) is 0 Å². The largest absolute Gasteiger partial charge is 0.456 e. The summed E-state index contributed by atoms with van der Waals surface area (Å²) in [6.07, 6.45) is 0. The summed E-state index contributed by atoms with van der Waals surface area (Å²) in [5, 5.41) is 9.70. The lowest BCUT2D eigenvalue weighted by Crippen LogP contribution is -2.28. The minimum Gasteiger partial charge on any atom is -0.456 e. The molecule has 0 spiro atoms. The second-order valence-corrected chi connectivity index (χ2v) is 15.2. The van der Waals surface area contributed by atoms with Crippen molar-refractivity contribution in [2.75, 3.05) is 0 Å². The van der Waals surface area contributed by atoms with Crippen LogP contribution in [0, 0.1) is 0 Å². The molecule has 1 heteroatoms. The molecular formula is C55H34O. The zero-order chi connectivity index (χ0) is 36.8. The van der Waals surface area contributed by atoms with Crippen molar-refractivity contribution in [1.29, 1.82) is 0 Å². The summed E-state index contributed by atoms with van der Waals surface area (Å²) >= 11 is 0. The highest BCUT2D eigenvalue weighted by Gasteiger charge is 2.46. The molecule has 0 bridgehead atoms. The van der Waals surface area contributed by atoms with E-state index in [-0.39, 0.29) is 0 Å². The van der Waals surface area contributed by atoms with Crippen LogP contribution in [0.5, 0.6) is 0 Å². The van der Waals surface area contributed by atoms with Crippen LogP contribution in [-0.4, -0.2) is 0 Å². The van der Waals surface area contributed by atoms with Crippen molar-refractivity contribution in [2.24, 2.45) is 0 Å². The van der Waals surface area contributed by atoms with E-state index in [1.165, 1.54) is 88.0 Å². The molecule has 56 heavy (non-hydrogen) atoms. The minimum atomic E-state index is -0.431. The second-order valence-electron chi connectivity index (χ2n) is 15.2. The number of hydrogen-bond acceptors (Lipinski definition) is 1. The van der Waals surface area contributed by atoms with Crippen LogP contribution in [0.25, 0.3) is 87.6 Å². The number of benzene rings is 10. The average Bonchev–Trinajstić information content (AvgIpc) is 3.78. The van der Waals surface area contributed by atoms with E-state index in [1.54, 1.807) is 0 Å². The fourth-order valence-electron chi connectivity index (χ4n) is 9.71. The Morgan fingerprint density at radius 2 is 0.821 bits per heavy atom. The molecule has 0 saturated heterocycles. The molecule has 10 aromatic carbocycles. The van der Waals surface area contributed by atoms with Crippen LogP contribution < -0.4 is 0 Å². The zero-order valence-electron chi connectivity index (χ0n) is 30.5. The molecule has 260 valence electrons. The molecule has 1 heterocycles. The lowest BCUT2D eigenvalue weighted by atomic mass is 9.66. The monoisotopic (exact) mass is 710 g/mol. The Hall–Kier alpha value is -7.22. The van der Waals surface area contributed by atoms with E-state index in [0.717, 1.165) is 21.9 Å². The Balaban J connectivity index is 0.956. The van der Waals surface area contributed by atoms with Gasteiger partial charge in [0.05, 0.1) is 5.41 Å². The Morgan fingerprint density at radius 3 is 1.54 bits per heavy atom.